The van der Waals surface area contributed by atoms with Gasteiger partial charge in [-0.15, -0.1) is 11.3 Å². The molecule has 0 bridgehead atoms. The summed E-state index contributed by atoms with van der Waals surface area (Å²) in [5, 5.41) is 7.14. The maximum atomic E-state index is 6.27. The molecule has 64 heavy (non-hydrogen) atoms. The van der Waals surface area contributed by atoms with Gasteiger partial charge in [0, 0.05) is 64.3 Å². The molecule has 0 saturated carbocycles. The maximum Gasteiger partial charge on any atom is 0.136 e. The average molecular weight is 836 g/mol. The molecule has 300 valence electrons. The topological polar surface area (TPSA) is 29.5 Å². The minimum Gasteiger partial charge on any atom is -0.456 e. The summed E-state index contributed by atoms with van der Waals surface area (Å²) >= 11 is 1.87. The molecular weight excluding hydrogens is 799 g/mol. The van der Waals surface area contributed by atoms with Crippen molar-refractivity contribution in [2.75, 3.05) is 4.90 Å². The van der Waals surface area contributed by atoms with Gasteiger partial charge in [-0.1, -0.05) is 158 Å². The molecule has 0 aliphatic heterocycles. The van der Waals surface area contributed by atoms with Crippen LogP contribution in [0.3, 0.4) is 0 Å². The number of thiophene rings is 1. The van der Waals surface area contributed by atoms with Crippen molar-refractivity contribution < 1.29 is 8.83 Å². The Hall–Kier alpha value is -8.18. The van der Waals surface area contributed by atoms with Crippen molar-refractivity contribution in [3.05, 3.63) is 224 Å². The Labute approximate surface area is 373 Å². The first-order valence-electron chi connectivity index (χ1n) is 21.7. The lowest BCUT2D eigenvalue weighted by Gasteiger charge is -2.26. The minimum atomic E-state index is 0.894. The molecule has 0 aliphatic carbocycles. The molecule has 0 spiro atoms. The van der Waals surface area contributed by atoms with E-state index in [0.29, 0.717) is 0 Å². The molecule has 4 heteroatoms. The summed E-state index contributed by atoms with van der Waals surface area (Å²) in [5.74, 6) is 0. The first-order valence-corrected chi connectivity index (χ1v) is 22.5. The standard InChI is InChI=1S/C60H37NO2S/c1-2-13-47(49-19-9-20-50-48-14-5-8-25-57(48)64-60(49)50)44(12-1)38-26-32-41(33-27-38)61(42-34-28-39(29-35-42)45-17-10-23-55-58(45)51-15-3-6-21-53(51)62-55)43-36-30-40(31-37-43)46-18-11-24-56-59(46)52-16-4-7-22-54(52)63-56/h1-37H. The number of para-hydroxylation sites is 2. The zero-order valence-corrected chi connectivity index (χ0v) is 35.4. The largest absolute Gasteiger partial charge is 0.456 e. The number of nitrogens with zero attached hydrogens (tertiary/aromatic N) is 1. The molecule has 3 heterocycles. The predicted octanol–water partition coefficient (Wildman–Crippen LogP) is 18.0. The summed E-state index contributed by atoms with van der Waals surface area (Å²) in [5.41, 5.74) is 16.2. The number of hydrogen-bond donors (Lipinski definition) is 0. The normalized spacial score (nSPS) is 11.8. The number of fused-ring (bicyclic) bond motifs is 9. The summed E-state index contributed by atoms with van der Waals surface area (Å²) < 4.78 is 15.2. The van der Waals surface area contributed by atoms with Gasteiger partial charge in [-0.05, 0) is 106 Å². The van der Waals surface area contributed by atoms with Crippen molar-refractivity contribution >= 4 is 92.4 Å². The van der Waals surface area contributed by atoms with Crippen LogP contribution in [0.25, 0.3) is 109 Å². The zero-order chi connectivity index (χ0) is 42.1. The summed E-state index contributed by atoms with van der Waals surface area (Å²) in [6.07, 6.45) is 0. The Kier molecular flexibility index (Phi) is 8.40. The van der Waals surface area contributed by atoms with E-state index in [9.17, 15) is 0 Å². The Bertz CT molecular complexity index is 3730. The molecule has 0 radical (unpaired) electrons. The predicted molar refractivity (Wildman–Crippen MR) is 270 cm³/mol. The highest BCUT2D eigenvalue weighted by atomic mass is 32.1. The van der Waals surface area contributed by atoms with Crippen molar-refractivity contribution in [2.24, 2.45) is 0 Å². The molecule has 3 aromatic heterocycles. The van der Waals surface area contributed by atoms with Gasteiger partial charge in [0.1, 0.15) is 22.3 Å². The molecule has 0 saturated heterocycles. The van der Waals surface area contributed by atoms with E-state index in [1.54, 1.807) is 0 Å². The lowest BCUT2D eigenvalue weighted by Crippen LogP contribution is -2.09. The maximum absolute atomic E-state index is 6.27. The van der Waals surface area contributed by atoms with Crippen molar-refractivity contribution in [1.82, 2.24) is 0 Å². The van der Waals surface area contributed by atoms with Gasteiger partial charge in [0.25, 0.3) is 0 Å². The number of hydrogen-bond acceptors (Lipinski definition) is 4. The van der Waals surface area contributed by atoms with Crippen LogP contribution >= 0.6 is 11.3 Å². The molecule has 0 N–H and O–H groups in total. The van der Waals surface area contributed by atoms with Gasteiger partial charge in [-0.2, -0.15) is 0 Å². The van der Waals surface area contributed by atoms with E-state index in [1.165, 1.54) is 42.4 Å². The highest BCUT2D eigenvalue weighted by Gasteiger charge is 2.19. The summed E-state index contributed by atoms with van der Waals surface area (Å²) in [7, 11) is 0. The molecule has 0 amide bonds. The lowest BCUT2D eigenvalue weighted by atomic mass is 9.93. The third kappa shape index (κ3) is 5.88. The molecule has 13 rings (SSSR count). The molecule has 3 nitrogen and oxygen atoms in total. The van der Waals surface area contributed by atoms with E-state index in [2.05, 4.69) is 205 Å². The van der Waals surface area contributed by atoms with Gasteiger partial charge in [0.15, 0.2) is 0 Å². The van der Waals surface area contributed by atoms with Gasteiger partial charge in [-0.25, -0.2) is 0 Å². The van der Waals surface area contributed by atoms with E-state index in [-0.39, 0.29) is 0 Å². The molecule has 0 atom stereocenters. The molecule has 10 aromatic carbocycles. The Morgan fingerprint density at radius 2 is 0.672 bits per heavy atom. The van der Waals surface area contributed by atoms with Crippen LogP contribution in [0.2, 0.25) is 0 Å². The van der Waals surface area contributed by atoms with E-state index in [4.69, 9.17) is 8.83 Å². The molecule has 0 aliphatic rings. The fourth-order valence-corrected chi connectivity index (χ4v) is 11.0. The van der Waals surface area contributed by atoms with Crippen LogP contribution in [0.5, 0.6) is 0 Å². The fraction of sp³-hybridized carbons (Fsp3) is 0. The highest BCUT2D eigenvalue weighted by Crippen LogP contribution is 2.45. The summed E-state index contributed by atoms with van der Waals surface area (Å²) in [4.78, 5) is 2.35. The molecular formula is C60H37NO2S. The van der Waals surface area contributed by atoms with Crippen molar-refractivity contribution in [2.45, 2.75) is 0 Å². The third-order valence-corrected chi connectivity index (χ3v) is 14.0. The minimum absolute atomic E-state index is 0.894. The molecule has 0 unspecified atom stereocenters. The average Bonchev–Trinajstić information content (AvgIpc) is 4.06. The second-order valence-corrected chi connectivity index (χ2v) is 17.4. The first kappa shape index (κ1) is 36.5. The van der Waals surface area contributed by atoms with Crippen LogP contribution in [-0.4, -0.2) is 0 Å². The molecule has 0 fully saturated rings. The monoisotopic (exact) mass is 835 g/mol. The van der Waals surface area contributed by atoms with Crippen LogP contribution in [0.4, 0.5) is 17.1 Å². The number of anilines is 3. The van der Waals surface area contributed by atoms with Crippen molar-refractivity contribution in [3.63, 3.8) is 0 Å². The van der Waals surface area contributed by atoms with Crippen LogP contribution in [0.1, 0.15) is 0 Å². The zero-order valence-electron chi connectivity index (χ0n) is 34.5. The Morgan fingerprint density at radius 3 is 1.23 bits per heavy atom. The van der Waals surface area contributed by atoms with Gasteiger partial charge in [0.2, 0.25) is 0 Å². The van der Waals surface area contributed by atoms with Crippen LogP contribution in [-0.2, 0) is 0 Å². The Morgan fingerprint density at radius 1 is 0.281 bits per heavy atom. The summed E-state index contributed by atoms with van der Waals surface area (Å²) in [6.45, 7) is 0. The summed E-state index contributed by atoms with van der Waals surface area (Å²) in [6, 6.07) is 80.4. The van der Waals surface area contributed by atoms with Gasteiger partial charge in [0.05, 0.1) is 0 Å². The van der Waals surface area contributed by atoms with E-state index < -0.39 is 0 Å². The number of benzene rings is 10. The quantitative estimate of drug-likeness (QED) is 0.160. The number of rotatable bonds is 7. The first-order chi connectivity index (χ1) is 31.7. The Balaban J connectivity index is 0.915. The van der Waals surface area contributed by atoms with E-state index in [0.717, 1.165) is 83.2 Å². The van der Waals surface area contributed by atoms with Crippen LogP contribution < -0.4 is 4.90 Å². The van der Waals surface area contributed by atoms with Gasteiger partial charge in [-0.3, -0.25) is 0 Å². The number of furan rings is 2. The van der Waals surface area contributed by atoms with E-state index >= 15 is 0 Å². The smallest absolute Gasteiger partial charge is 0.136 e. The van der Waals surface area contributed by atoms with Gasteiger partial charge < -0.3 is 13.7 Å². The lowest BCUT2D eigenvalue weighted by molar-refractivity contribution is 0.668. The van der Waals surface area contributed by atoms with E-state index in [1.807, 2.05) is 35.6 Å². The van der Waals surface area contributed by atoms with Crippen molar-refractivity contribution in [3.8, 4) is 44.5 Å². The second-order valence-electron chi connectivity index (χ2n) is 16.4. The van der Waals surface area contributed by atoms with Crippen LogP contribution in [0.15, 0.2) is 233 Å². The SMILES string of the molecule is c1ccc(-c2cccc3c2sc2ccccc23)c(-c2ccc(N(c3ccc(-c4cccc5oc6ccccc6c45)cc3)c3ccc(-c4cccc5oc6ccccc6c45)cc3)cc2)c1. The van der Waals surface area contributed by atoms with Crippen LogP contribution in [0, 0.1) is 0 Å². The molecule has 13 aromatic rings. The fourth-order valence-electron chi connectivity index (χ4n) is 9.78. The van der Waals surface area contributed by atoms with Gasteiger partial charge >= 0.3 is 0 Å². The second kappa shape index (κ2) is 14.7. The third-order valence-electron chi connectivity index (χ3n) is 12.7. The van der Waals surface area contributed by atoms with Crippen molar-refractivity contribution in [1.29, 1.82) is 0 Å². The highest BCUT2D eigenvalue weighted by molar-refractivity contribution is 7.26.